The molecule has 1 N–H and O–H groups in total. The molecule has 2 atom stereocenters. The molecule has 5 rings (SSSR count). The van der Waals surface area contributed by atoms with Crippen molar-refractivity contribution in [2.45, 2.75) is 25.3 Å². The normalized spacial score (nSPS) is 17.7. The molecule has 0 fully saturated rings. The van der Waals surface area contributed by atoms with Crippen molar-refractivity contribution in [1.29, 1.82) is 0 Å². The van der Waals surface area contributed by atoms with E-state index in [-0.39, 0.29) is 28.4 Å². The molecule has 2 unspecified atom stereocenters. The van der Waals surface area contributed by atoms with E-state index in [9.17, 15) is 18.7 Å². The molecule has 11 heteroatoms. The van der Waals surface area contributed by atoms with Crippen LogP contribution in [-0.4, -0.2) is 49.7 Å². The first kappa shape index (κ1) is 25.1. The molecule has 0 saturated carbocycles. The number of para-hydroxylation sites is 2. The molecule has 2 heterocycles. The van der Waals surface area contributed by atoms with Gasteiger partial charge in [-0.2, -0.15) is 13.9 Å². The van der Waals surface area contributed by atoms with Gasteiger partial charge in [0.05, 0.1) is 33.1 Å². The third-order valence-electron chi connectivity index (χ3n) is 6.47. The number of halogens is 2. The van der Waals surface area contributed by atoms with Crippen LogP contribution in [0.5, 0.6) is 28.7 Å². The summed E-state index contributed by atoms with van der Waals surface area (Å²) >= 11 is 0. The molecule has 198 valence electrons. The number of hydrogen-bond acceptors (Lipinski definition) is 8. The number of hydrazone groups is 1. The first-order valence-corrected chi connectivity index (χ1v) is 11.6. The zero-order valence-corrected chi connectivity index (χ0v) is 20.7. The first-order valence-electron chi connectivity index (χ1n) is 11.6. The Hall–Kier alpha value is -4.54. The third-order valence-corrected chi connectivity index (χ3v) is 6.47. The number of carboxylic acids is 1. The van der Waals surface area contributed by atoms with E-state index in [0.29, 0.717) is 29.2 Å². The van der Waals surface area contributed by atoms with Gasteiger partial charge in [0, 0.05) is 23.1 Å². The molecular weight excluding hydrogens is 502 g/mol. The van der Waals surface area contributed by atoms with Gasteiger partial charge in [-0.05, 0) is 30.3 Å². The maximum absolute atomic E-state index is 13.1. The van der Waals surface area contributed by atoms with Crippen LogP contribution in [0.15, 0.2) is 59.7 Å². The highest BCUT2D eigenvalue weighted by Gasteiger charge is 2.44. The second-order valence-electron chi connectivity index (χ2n) is 8.44. The lowest BCUT2D eigenvalue weighted by atomic mass is 9.94. The zero-order valence-electron chi connectivity index (χ0n) is 20.7. The zero-order chi connectivity index (χ0) is 27.0. The van der Waals surface area contributed by atoms with Crippen molar-refractivity contribution in [1.82, 2.24) is 5.01 Å². The van der Waals surface area contributed by atoms with Gasteiger partial charge in [-0.15, -0.1) is 0 Å². The molecule has 9 nitrogen and oxygen atoms in total. The van der Waals surface area contributed by atoms with Crippen molar-refractivity contribution in [3.8, 4) is 28.7 Å². The highest BCUT2D eigenvalue weighted by molar-refractivity contribution is 6.04. The minimum Gasteiger partial charge on any atom is -0.493 e. The fraction of sp³-hybridized carbons (Fsp3) is 0.259. The summed E-state index contributed by atoms with van der Waals surface area (Å²) in [7, 11) is 4.27. The molecule has 3 aromatic carbocycles. The van der Waals surface area contributed by atoms with E-state index >= 15 is 0 Å². The lowest BCUT2D eigenvalue weighted by Gasteiger charge is -2.39. The van der Waals surface area contributed by atoms with Gasteiger partial charge >= 0.3 is 12.6 Å². The monoisotopic (exact) mass is 526 g/mol. The number of benzene rings is 3. The molecule has 0 amide bonds. The van der Waals surface area contributed by atoms with Crippen LogP contribution < -0.4 is 23.7 Å². The standard InChI is InChI=1S/C27H24F2N2O7/c1-34-20-10-6-8-15-18-13-17(14-7-4-5-9-19(14)37-27(28)29)30-31(18)25(38-23(15)20)16-11-12-21(35-2)24(36-3)22(16)26(32)33/h4-12,18,25,27H,13H2,1-3H3,(H,32,33). The minimum atomic E-state index is -3.01. The SMILES string of the molecule is COc1cccc2c1OC(c1ccc(OC)c(OC)c1C(=O)O)N1N=C(c3ccccc3OC(F)F)CC21. The summed E-state index contributed by atoms with van der Waals surface area (Å²) in [6, 6.07) is 14.6. The summed E-state index contributed by atoms with van der Waals surface area (Å²) in [5, 5.41) is 16.5. The average Bonchev–Trinajstić information content (AvgIpc) is 3.37. The number of alkyl halides is 2. The number of rotatable bonds is 8. The van der Waals surface area contributed by atoms with Gasteiger partial charge in [0.25, 0.3) is 0 Å². The number of fused-ring (bicyclic) bond motifs is 3. The molecule has 2 aliphatic heterocycles. The van der Waals surface area contributed by atoms with Gasteiger partial charge in [-0.3, -0.25) is 0 Å². The maximum atomic E-state index is 13.1. The van der Waals surface area contributed by atoms with E-state index in [4.69, 9.17) is 28.8 Å². The van der Waals surface area contributed by atoms with Crippen molar-refractivity contribution in [3.05, 3.63) is 76.9 Å². The topological polar surface area (TPSA) is 99.0 Å². The molecule has 3 aromatic rings. The minimum absolute atomic E-state index is 0.0122. The van der Waals surface area contributed by atoms with Crippen molar-refractivity contribution in [3.63, 3.8) is 0 Å². The molecule has 38 heavy (non-hydrogen) atoms. The summed E-state index contributed by atoms with van der Waals surface area (Å²) in [6.45, 7) is -3.01. The van der Waals surface area contributed by atoms with Crippen LogP contribution in [-0.2, 0) is 0 Å². The van der Waals surface area contributed by atoms with Crippen molar-refractivity contribution >= 4 is 11.7 Å². The Bertz CT molecular complexity index is 1410. The lowest BCUT2D eigenvalue weighted by Crippen LogP contribution is -2.35. The summed E-state index contributed by atoms with van der Waals surface area (Å²) in [5.74, 6) is -0.104. The number of carbonyl (C=O) groups is 1. The van der Waals surface area contributed by atoms with Gasteiger partial charge in [0.15, 0.2) is 23.0 Å². The highest BCUT2D eigenvalue weighted by Crippen LogP contribution is 2.52. The quantitative estimate of drug-likeness (QED) is 0.425. The first-order chi connectivity index (χ1) is 18.4. The maximum Gasteiger partial charge on any atom is 0.387 e. The van der Waals surface area contributed by atoms with Gasteiger partial charge in [0.1, 0.15) is 11.3 Å². The van der Waals surface area contributed by atoms with Crippen LogP contribution in [0.2, 0.25) is 0 Å². The van der Waals surface area contributed by atoms with Crippen LogP contribution in [0.25, 0.3) is 0 Å². The fourth-order valence-electron chi connectivity index (χ4n) is 4.88. The van der Waals surface area contributed by atoms with E-state index in [0.717, 1.165) is 5.56 Å². The number of carboxylic acid groups (broad SMARTS) is 1. The largest absolute Gasteiger partial charge is 0.493 e. The Morgan fingerprint density at radius 1 is 0.974 bits per heavy atom. The molecule has 0 aliphatic carbocycles. The van der Waals surface area contributed by atoms with Crippen molar-refractivity contribution in [2.75, 3.05) is 21.3 Å². The Labute approximate surface area is 216 Å². The van der Waals surface area contributed by atoms with Crippen LogP contribution >= 0.6 is 0 Å². The second-order valence-corrected chi connectivity index (χ2v) is 8.44. The molecule has 0 radical (unpaired) electrons. The molecule has 0 saturated heterocycles. The van der Waals surface area contributed by atoms with E-state index in [1.807, 2.05) is 12.1 Å². The molecular formula is C27H24F2N2O7. The third kappa shape index (κ3) is 4.19. The van der Waals surface area contributed by atoms with E-state index in [1.165, 1.54) is 27.4 Å². The Kier molecular flexibility index (Phi) is 6.66. The fourth-order valence-corrected chi connectivity index (χ4v) is 4.88. The van der Waals surface area contributed by atoms with Crippen LogP contribution in [0, 0.1) is 0 Å². The number of hydrogen-bond donors (Lipinski definition) is 1. The smallest absolute Gasteiger partial charge is 0.387 e. The summed E-state index contributed by atoms with van der Waals surface area (Å²) in [5.41, 5.74) is 1.74. The van der Waals surface area contributed by atoms with E-state index in [1.54, 1.807) is 41.4 Å². The number of nitrogens with zero attached hydrogens (tertiary/aromatic N) is 2. The second kappa shape index (κ2) is 10.1. The summed E-state index contributed by atoms with van der Waals surface area (Å²) < 4.78 is 53.6. The number of ether oxygens (including phenoxy) is 5. The number of methoxy groups -OCH3 is 3. The van der Waals surface area contributed by atoms with Crippen molar-refractivity contribution < 1.29 is 42.4 Å². The molecule has 2 aliphatic rings. The van der Waals surface area contributed by atoms with Crippen LogP contribution in [0.1, 0.15) is 45.7 Å². The summed E-state index contributed by atoms with van der Waals surface area (Å²) in [6.07, 6.45) is -0.699. The lowest BCUT2D eigenvalue weighted by molar-refractivity contribution is -0.0499. The number of aromatic carboxylic acids is 1. The molecule has 0 bridgehead atoms. The van der Waals surface area contributed by atoms with Gasteiger partial charge < -0.3 is 28.8 Å². The average molecular weight is 526 g/mol. The van der Waals surface area contributed by atoms with Gasteiger partial charge in [-0.25, -0.2) is 9.80 Å². The van der Waals surface area contributed by atoms with Gasteiger partial charge in [-0.1, -0.05) is 24.3 Å². The van der Waals surface area contributed by atoms with E-state index in [2.05, 4.69) is 0 Å². The Balaban J connectivity index is 1.69. The predicted octanol–water partition coefficient (Wildman–Crippen LogP) is 5.25. The predicted molar refractivity (Wildman–Crippen MR) is 132 cm³/mol. The Morgan fingerprint density at radius 3 is 2.39 bits per heavy atom. The molecule has 0 aromatic heterocycles. The molecule has 0 spiro atoms. The van der Waals surface area contributed by atoms with Crippen LogP contribution in [0.4, 0.5) is 8.78 Å². The van der Waals surface area contributed by atoms with Crippen molar-refractivity contribution in [2.24, 2.45) is 5.10 Å². The Morgan fingerprint density at radius 2 is 1.71 bits per heavy atom. The summed E-state index contributed by atoms with van der Waals surface area (Å²) in [4.78, 5) is 12.4. The highest BCUT2D eigenvalue weighted by atomic mass is 19.3. The van der Waals surface area contributed by atoms with E-state index < -0.39 is 24.9 Å². The van der Waals surface area contributed by atoms with Gasteiger partial charge in [0.2, 0.25) is 6.23 Å². The van der Waals surface area contributed by atoms with Crippen LogP contribution in [0.3, 0.4) is 0 Å².